The van der Waals surface area contributed by atoms with E-state index in [0.29, 0.717) is 23.0 Å². The van der Waals surface area contributed by atoms with E-state index in [0.717, 1.165) is 82.8 Å². The van der Waals surface area contributed by atoms with Crippen molar-refractivity contribution >= 4 is 43.9 Å². The van der Waals surface area contributed by atoms with Crippen molar-refractivity contribution in [2.45, 2.75) is 0 Å². The maximum Gasteiger partial charge on any atom is 0.164 e. The highest BCUT2D eigenvalue weighted by molar-refractivity contribution is 6.15. The highest BCUT2D eigenvalue weighted by Gasteiger charge is 2.19. The van der Waals surface area contributed by atoms with Crippen LogP contribution in [0.15, 0.2) is 167 Å². The van der Waals surface area contributed by atoms with Crippen LogP contribution in [0, 0.1) is 11.3 Å². The van der Waals surface area contributed by atoms with Gasteiger partial charge < -0.3 is 8.83 Å². The van der Waals surface area contributed by atoms with Gasteiger partial charge in [-0.05, 0) is 47.5 Å². The van der Waals surface area contributed by atoms with E-state index in [-0.39, 0.29) is 0 Å². The van der Waals surface area contributed by atoms with Crippen LogP contribution in [-0.4, -0.2) is 15.0 Å². The molecule has 0 aliphatic heterocycles. The smallest absolute Gasteiger partial charge is 0.164 e. The molecule has 7 aromatic carbocycles. The summed E-state index contributed by atoms with van der Waals surface area (Å²) in [5, 5.41) is 14.3. The number of hydrogen-bond donors (Lipinski definition) is 0. The van der Waals surface area contributed by atoms with Crippen molar-refractivity contribution in [1.82, 2.24) is 15.0 Å². The van der Waals surface area contributed by atoms with Crippen LogP contribution in [-0.2, 0) is 0 Å². The zero-order valence-corrected chi connectivity index (χ0v) is 27.6. The van der Waals surface area contributed by atoms with Gasteiger partial charge in [0.1, 0.15) is 22.3 Å². The van der Waals surface area contributed by atoms with E-state index in [1.807, 2.05) is 103 Å². The van der Waals surface area contributed by atoms with Gasteiger partial charge in [-0.25, -0.2) is 15.0 Å². The van der Waals surface area contributed by atoms with Crippen LogP contribution in [0.5, 0.6) is 0 Å². The molecule has 0 bridgehead atoms. The average molecular weight is 667 g/mol. The molecule has 6 nitrogen and oxygen atoms in total. The van der Waals surface area contributed by atoms with Crippen molar-refractivity contribution in [3.63, 3.8) is 0 Å². The summed E-state index contributed by atoms with van der Waals surface area (Å²) in [6.07, 6.45) is 0. The standard InChI is InChI=1S/C46H26N4O2/c47-27-28-23-32(25-33(24-28)46-49-44(29-11-3-1-4-12-29)48-45(50-46)30-13-5-2-6-14-30)31-21-22-35-37-17-10-19-39(43(37)52-41(35)26-31)38-18-9-16-36-34-15-7-8-20-40(34)51-42(36)38/h1-26H. The second-order valence-electron chi connectivity index (χ2n) is 12.7. The van der Waals surface area contributed by atoms with E-state index >= 15 is 0 Å². The first-order chi connectivity index (χ1) is 25.7. The van der Waals surface area contributed by atoms with Crippen molar-refractivity contribution in [2.24, 2.45) is 0 Å². The van der Waals surface area contributed by atoms with Crippen LogP contribution in [0.25, 0.3) is 100 Å². The largest absolute Gasteiger partial charge is 0.455 e. The Morgan fingerprint density at radius 2 is 0.904 bits per heavy atom. The van der Waals surface area contributed by atoms with Gasteiger partial charge in [0.25, 0.3) is 0 Å². The predicted octanol–water partition coefficient (Wildman–Crippen LogP) is 11.9. The monoisotopic (exact) mass is 666 g/mol. The van der Waals surface area contributed by atoms with Gasteiger partial charge in [0.05, 0.1) is 11.6 Å². The Balaban J connectivity index is 1.11. The fourth-order valence-electron chi connectivity index (χ4n) is 7.07. The third kappa shape index (κ3) is 4.92. The van der Waals surface area contributed by atoms with Gasteiger partial charge >= 0.3 is 0 Å². The Kier molecular flexibility index (Phi) is 6.76. The fourth-order valence-corrected chi connectivity index (χ4v) is 7.07. The summed E-state index contributed by atoms with van der Waals surface area (Å²) in [5.74, 6) is 1.61. The number of nitrogens with zero attached hydrogens (tertiary/aromatic N) is 4. The molecule has 10 aromatic rings. The molecular weight excluding hydrogens is 641 g/mol. The highest BCUT2D eigenvalue weighted by atomic mass is 16.3. The van der Waals surface area contributed by atoms with E-state index in [1.54, 1.807) is 0 Å². The average Bonchev–Trinajstić information content (AvgIpc) is 3.79. The molecule has 0 N–H and O–H groups in total. The summed E-state index contributed by atoms with van der Waals surface area (Å²) in [6, 6.07) is 54.6. The lowest BCUT2D eigenvalue weighted by molar-refractivity contribution is 0.665. The number of rotatable bonds is 5. The number of nitriles is 1. The summed E-state index contributed by atoms with van der Waals surface area (Å²) < 4.78 is 13.1. The fraction of sp³-hybridized carbons (Fsp3) is 0. The summed E-state index contributed by atoms with van der Waals surface area (Å²) >= 11 is 0. The number of para-hydroxylation sites is 3. The molecule has 0 fully saturated rings. The molecule has 0 amide bonds. The van der Waals surface area contributed by atoms with Crippen molar-refractivity contribution in [3.8, 4) is 62.5 Å². The van der Waals surface area contributed by atoms with Crippen LogP contribution in [0.3, 0.4) is 0 Å². The molecule has 242 valence electrons. The highest BCUT2D eigenvalue weighted by Crippen LogP contribution is 2.42. The Morgan fingerprint density at radius 3 is 1.54 bits per heavy atom. The second-order valence-corrected chi connectivity index (χ2v) is 12.7. The molecule has 3 aromatic heterocycles. The van der Waals surface area contributed by atoms with Gasteiger partial charge in [-0.3, -0.25) is 0 Å². The van der Waals surface area contributed by atoms with E-state index in [2.05, 4.69) is 60.7 Å². The minimum atomic E-state index is 0.486. The second kappa shape index (κ2) is 11.9. The number of fused-ring (bicyclic) bond motifs is 6. The van der Waals surface area contributed by atoms with E-state index in [4.69, 9.17) is 23.8 Å². The Bertz CT molecular complexity index is 2970. The molecule has 6 heteroatoms. The van der Waals surface area contributed by atoms with Crippen LogP contribution in [0.1, 0.15) is 5.56 Å². The molecule has 0 spiro atoms. The molecule has 0 saturated carbocycles. The first kappa shape index (κ1) is 29.5. The topological polar surface area (TPSA) is 88.7 Å². The first-order valence-electron chi connectivity index (χ1n) is 17.0. The van der Waals surface area contributed by atoms with Crippen molar-refractivity contribution in [2.75, 3.05) is 0 Å². The Morgan fingerprint density at radius 1 is 0.385 bits per heavy atom. The van der Waals surface area contributed by atoms with Crippen molar-refractivity contribution in [1.29, 1.82) is 5.26 Å². The predicted molar refractivity (Wildman–Crippen MR) is 206 cm³/mol. The number of furan rings is 2. The first-order valence-corrected chi connectivity index (χ1v) is 17.0. The zero-order chi connectivity index (χ0) is 34.6. The molecule has 0 aliphatic carbocycles. The number of hydrogen-bond acceptors (Lipinski definition) is 6. The molecule has 10 rings (SSSR count). The van der Waals surface area contributed by atoms with Crippen LogP contribution in [0.2, 0.25) is 0 Å². The molecule has 0 atom stereocenters. The van der Waals surface area contributed by atoms with E-state index in [9.17, 15) is 5.26 Å². The quantitative estimate of drug-likeness (QED) is 0.182. The van der Waals surface area contributed by atoms with Gasteiger partial charge in [0.2, 0.25) is 0 Å². The SMILES string of the molecule is N#Cc1cc(-c2ccc3c(c2)oc2c(-c4cccc5c4oc4ccccc45)cccc23)cc(-c2nc(-c3ccccc3)nc(-c3ccccc3)n2)c1. The minimum Gasteiger partial charge on any atom is -0.455 e. The van der Waals surface area contributed by atoms with E-state index in [1.165, 1.54) is 0 Å². The molecule has 3 heterocycles. The van der Waals surface area contributed by atoms with Crippen molar-refractivity contribution < 1.29 is 8.83 Å². The normalized spacial score (nSPS) is 11.4. The zero-order valence-electron chi connectivity index (χ0n) is 27.6. The van der Waals surface area contributed by atoms with Crippen LogP contribution >= 0.6 is 0 Å². The van der Waals surface area contributed by atoms with Gasteiger partial charge in [0, 0.05) is 49.4 Å². The third-order valence-corrected chi connectivity index (χ3v) is 9.55. The van der Waals surface area contributed by atoms with Gasteiger partial charge in [-0.15, -0.1) is 0 Å². The molecule has 0 unspecified atom stereocenters. The van der Waals surface area contributed by atoms with Gasteiger partial charge in [0.15, 0.2) is 17.5 Å². The molecule has 52 heavy (non-hydrogen) atoms. The van der Waals surface area contributed by atoms with Gasteiger partial charge in [-0.2, -0.15) is 5.26 Å². The summed E-state index contributed by atoms with van der Waals surface area (Å²) in [6.45, 7) is 0. The lowest BCUT2D eigenvalue weighted by atomic mass is 9.97. The molecule has 0 aliphatic rings. The van der Waals surface area contributed by atoms with E-state index < -0.39 is 0 Å². The minimum absolute atomic E-state index is 0.486. The lowest BCUT2D eigenvalue weighted by Gasteiger charge is -2.10. The summed E-state index contributed by atoms with van der Waals surface area (Å²) in [5.41, 5.74) is 9.92. The van der Waals surface area contributed by atoms with Crippen LogP contribution < -0.4 is 0 Å². The summed E-state index contributed by atoms with van der Waals surface area (Å²) in [4.78, 5) is 14.6. The number of benzene rings is 7. The summed E-state index contributed by atoms with van der Waals surface area (Å²) in [7, 11) is 0. The Labute approximate surface area is 297 Å². The number of aromatic nitrogens is 3. The van der Waals surface area contributed by atoms with Crippen molar-refractivity contribution in [3.05, 3.63) is 163 Å². The Hall–Kier alpha value is -7.36. The van der Waals surface area contributed by atoms with Crippen LogP contribution in [0.4, 0.5) is 0 Å². The van der Waals surface area contributed by atoms with Gasteiger partial charge in [-0.1, -0.05) is 121 Å². The molecular formula is C46H26N4O2. The maximum absolute atomic E-state index is 10.1. The third-order valence-electron chi connectivity index (χ3n) is 9.55. The maximum atomic E-state index is 10.1. The lowest BCUT2D eigenvalue weighted by Crippen LogP contribution is -2.00. The molecule has 0 saturated heterocycles. The molecule has 0 radical (unpaired) electrons.